The van der Waals surface area contributed by atoms with Crippen molar-refractivity contribution in [3.63, 3.8) is 0 Å². The van der Waals surface area contributed by atoms with Crippen LogP contribution >= 0.6 is 46.4 Å². The molecule has 0 aliphatic heterocycles. The SMILES string of the molecule is C.CCCCc1ccc(OC(C)C(=O)COc2ccc(C)cc2)cc1.CNCC(c1ccc(Cl)cc1)c1ccc(Cl)cc1.Cc1ccc(OCC(=O)C(C)Oc2ccc(CCCN(C)CC(c3ccc(Cl)cc3)c3ccc(Cl)cc3)cc2)cc1. The number of ether oxygens (including phenoxy) is 4. The number of unbranched alkanes of at least 4 members (excludes halogenated alkanes) is 1. The third-order valence-electron chi connectivity index (χ3n) is 14.0. The monoisotopic (exact) mass is 1210 g/mol. The summed E-state index contributed by atoms with van der Waals surface area (Å²) in [5.41, 5.74) is 9.79. The zero-order valence-corrected chi connectivity index (χ0v) is 51.8. The van der Waals surface area contributed by atoms with E-state index in [1.165, 1.54) is 46.2 Å². The van der Waals surface area contributed by atoms with Crippen LogP contribution in [0.4, 0.5) is 0 Å². The van der Waals surface area contributed by atoms with Gasteiger partial charge in [0.05, 0.1) is 0 Å². The summed E-state index contributed by atoms with van der Waals surface area (Å²) in [6.45, 7) is 12.4. The maximum Gasteiger partial charge on any atom is 0.210 e. The first-order chi connectivity index (χ1) is 40.0. The van der Waals surface area contributed by atoms with Crippen LogP contribution in [-0.2, 0) is 22.4 Å². The zero-order valence-electron chi connectivity index (χ0n) is 48.8. The summed E-state index contributed by atoms with van der Waals surface area (Å²) in [4.78, 5) is 27.0. The first kappa shape index (κ1) is 68.2. The summed E-state index contributed by atoms with van der Waals surface area (Å²) in [7, 11) is 4.12. The molecule has 12 heteroatoms. The van der Waals surface area contributed by atoms with Gasteiger partial charge in [0.15, 0.2) is 25.4 Å². The van der Waals surface area contributed by atoms with E-state index < -0.39 is 12.2 Å². The predicted octanol–water partition coefficient (Wildman–Crippen LogP) is 18.1. The molecule has 8 rings (SSSR count). The van der Waals surface area contributed by atoms with E-state index >= 15 is 0 Å². The van der Waals surface area contributed by atoms with Crippen LogP contribution < -0.4 is 24.3 Å². The molecule has 444 valence electrons. The van der Waals surface area contributed by atoms with Crippen molar-refractivity contribution in [2.24, 2.45) is 0 Å². The minimum atomic E-state index is -0.589. The molecule has 0 aliphatic carbocycles. The van der Waals surface area contributed by atoms with E-state index in [-0.39, 0.29) is 38.1 Å². The summed E-state index contributed by atoms with van der Waals surface area (Å²) < 4.78 is 22.7. The molecule has 1 N–H and O–H groups in total. The van der Waals surface area contributed by atoms with Gasteiger partial charge >= 0.3 is 0 Å². The Morgan fingerprint density at radius 2 is 0.786 bits per heavy atom. The Hall–Kier alpha value is -6.62. The van der Waals surface area contributed by atoms with Crippen LogP contribution in [0.5, 0.6) is 23.0 Å². The van der Waals surface area contributed by atoms with E-state index in [9.17, 15) is 9.59 Å². The number of nitrogens with zero attached hydrogens (tertiary/aromatic N) is 1. The number of nitrogens with one attached hydrogen (secondary N) is 1. The lowest BCUT2D eigenvalue weighted by atomic mass is 9.91. The van der Waals surface area contributed by atoms with Gasteiger partial charge in [-0.05, 0) is 204 Å². The van der Waals surface area contributed by atoms with Gasteiger partial charge in [-0.2, -0.15) is 0 Å². The van der Waals surface area contributed by atoms with E-state index in [2.05, 4.69) is 97.0 Å². The quantitative estimate of drug-likeness (QED) is 0.0545. The van der Waals surface area contributed by atoms with Crippen LogP contribution in [0.15, 0.2) is 194 Å². The molecule has 84 heavy (non-hydrogen) atoms. The number of ketones is 2. The number of carbonyl (C=O) groups is 2. The van der Waals surface area contributed by atoms with Crippen molar-refractivity contribution in [1.82, 2.24) is 10.2 Å². The Morgan fingerprint density at radius 1 is 0.464 bits per heavy atom. The van der Waals surface area contributed by atoms with Gasteiger partial charge in [-0.15, -0.1) is 0 Å². The average molecular weight is 1210 g/mol. The Balaban J connectivity index is 0.000000253. The molecule has 0 bridgehead atoms. The number of aryl methyl sites for hydroxylation is 4. The van der Waals surface area contributed by atoms with Crippen LogP contribution in [0.3, 0.4) is 0 Å². The molecule has 0 spiro atoms. The molecule has 0 saturated heterocycles. The second kappa shape index (κ2) is 36.3. The third-order valence-corrected chi connectivity index (χ3v) is 15.0. The lowest BCUT2D eigenvalue weighted by Crippen LogP contribution is -2.28. The van der Waals surface area contributed by atoms with Crippen LogP contribution in [0.1, 0.15) is 104 Å². The highest BCUT2D eigenvalue weighted by molar-refractivity contribution is 6.31. The molecule has 8 aromatic carbocycles. The fraction of sp³-hybridized carbons (Fsp3) is 0.306. The van der Waals surface area contributed by atoms with E-state index in [0.29, 0.717) is 28.9 Å². The lowest BCUT2D eigenvalue weighted by molar-refractivity contribution is -0.127. The molecule has 0 aromatic heterocycles. The van der Waals surface area contributed by atoms with E-state index in [1.54, 1.807) is 13.8 Å². The normalized spacial score (nSPS) is 11.5. The second-order valence-corrected chi connectivity index (χ2v) is 22.5. The van der Waals surface area contributed by atoms with Crippen LogP contribution in [0.2, 0.25) is 20.1 Å². The van der Waals surface area contributed by atoms with Gasteiger partial charge in [0, 0.05) is 45.0 Å². The molecule has 0 fully saturated rings. The molecule has 8 aromatic rings. The van der Waals surface area contributed by atoms with E-state index in [1.807, 2.05) is 142 Å². The highest BCUT2D eigenvalue weighted by Gasteiger charge is 2.19. The minimum Gasteiger partial charge on any atom is -0.486 e. The molecule has 0 aliphatic rings. The van der Waals surface area contributed by atoms with Crippen molar-refractivity contribution in [1.29, 1.82) is 0 Å². The van der Waals surface area contributed by atoms with Crippen molar-refractivity contribution >= 4 is 58.0 Å². The van der Waals surface area contributed by atoms with Crippen LogP contribution in [0.25, 0.3) is 0 Å². The molecule has 8 nitrogen and oxygen atoms in total. The average Bonchev–Trinajstić information content (AvgIpc) is 3.54. The largest absolute Gasteiger partial charge is 0.486 e. The standard InChI is InChI=1S/C35H37Cl2NO3.C21H26O3.C15H15Cl2N.CH4/c1-25-6-18-32(19-7-25)40-24-35(39)26(2)41-33-20-8-27(9-21-33)5-4-22-38(3)23-34(28-10-14-30(36)15-11-28)29-12-16-31(37)17-13-29;1-4-5-6-18-9-13-20(14-10-18)24-17(3)21(22)15-23-19-11-7-16(2)8-12-19;1-18-10-15(11-2-6-13(16)7-3-11)12-4-8-14(17)9-5-12;/h6-21,26,34H,4-5,22-24H2,1-3H3;7-14,17H,4-6,15H2,1-3H3;2-9,15,18H,10H2,1H3;1H4. The highest BCUT2D eigenvalue weighted by Crippen LogP contribution is 2.30. The summed E-state index contributed by atoms with van der Waals surface area (Å²) in [6.07, 6.45) is 4.31. The molecule has 0 heterocycles. The van der Waals surface area contributed by atoms with Gasteiger partial charge in [0.1, 0.15) is 23.0 Å². The first-order valence-corrected chi connectivity index (χ1v) is 29.9. The Labute approximate surface area is 520 Å². The number of carbonyl (C=O) groups excluding carboxylic acids is 2. The number of likely N-dealkylation sites (N-methyl/N-ethyl adjacent to an activating group) is 2. The minimum absolute atomic E-state index is 0. The molecular formula is C72H82Cl4N2O6. The number of benzene rings is 8. The number of halogens is 4. The second-order valence-electron chi connectivity index (χ2n) is 20.8. The molecular weight excluding hydrogens is 1130 g/mol. The topological polar surface area (TPSA) is 86.3 Å². The Kier molecular flexibility index (Phi) is 29.4. The highest BCUT2D eigenvalue weighted by atomic mass is 35.5. The summed E-state index contributed by atoms with van der Waals surface area (Å²) in [6, 6.07) is 63.4. The summed E-state index contributed by atoms with van der Waals surface area (Å²) >= 11 is 24.1. The fourth-order valence-electron chi connectivity index (χ4n) is 8.97. The number of Topliss-reactive ketones (excluding diaryl/α,β-unsaturated/α-hetero) is 2. The predicted molar refractivity (Wildman–Crippen MR) is 351 cm³/mol. The first-order valence-electron chi connectivity index (χ1n) is 28.4. The molecule has 0 saturated carbocycles. The van der Waals surface area contributed by atoms with E-state index in [0.717, 1.165) is 70.1 Å². The maximum absolute atomic E-state index is 12.5. The Bertz CT molecular complexity index is 3050. The molecule has 0 radical (unpaired) electrons. The summed E-state index contributed by atoms with van der Waals surface area (Å²) in [5.74, 6) is 3.11. The van der Waals surface area contributed by atoms with Crippen LogP contribution in [-0.4, -0.2) is 75.6 Å². The van der Waals surface area contributed by atoms with Gasteiger partial charge < -0.3 is 29.2 Å². The molecule has 2 atom stereocenters. The van der Waals surface area contributed by atoms with E-state index in [4.69, 9.17) is 65.4 Å². The molecule has 2 unspecified atom stereocenters. The van der Waals surface area contributed by atoms with Gasteiger partial charge in [-0.3, -0.25) is 9.59 Å². The number of hydrogen-bond donors (Lipinski definition) is 1. The van der Waals surface area contributed by atoms with Gasteiger partial charge in [0.2, 0.25) is 11.6 Å². The number of rotatable bonds is 27. The van der Waals surface area contributed by atoms with Gasteiger partial charge in [0.25, 0.3) is 0 Å². The van der Waals surface area contributed by atoms with Crippen molar-refractivity contribution in [2.75, 3.05) is 46.9 Å². The smallest absolute Gasteiger partial charge is 0.210 e. The zero-order chi connectivity index (χ0) is 59.5. The van der Waals surface area contributed by atoms with Gasteiger partial charge in [-0.25, -0.2) is 0 Å². The van der Waals surface area contributed by atoms with Crippen molar-refractivity contribution < 1.29 is 28.5 Å². The summed E-state index contributed by atoms with van der Waals surface area (Å²) in [5, 5.41) is 6.23. The maximum atomic E-state index is 12.5. The molecule has 0 amide bonds. The van der Waals surface area contributed by atoms with Crippen LogP contribution in [0, 0.1) is 13.8 Å². The Morgan fingerprint density at radius 3 is 1.12 bits per heavy atom. The number of hydrogen-bond acceptors (Lipinski definition) is 8. The third kappa shape index (κ3) is 23.8. The van der Waals surface area contributed by atoms with Gasteiger partial charge in [-0.1, -0.05) is 175 Å². The van der Waals surface area contributed by atoms with Crippen molar-refractivity contribution in [2.45, 2.75) is 98.2 Å². The fourth-order valence-corrected chi connectivity index (χ4v) is 9.48. The lowest BCUT2D eigenvalue weighted by Gasteiger charge is -2.25. The van der Waals surface area contributed by atoms with Crippen molar-refractivity contribution in [3.05, 3.63) is 259 Å². The van der Waals surface area contributed by atoms with Crippen molar-refractivity contribution in [3.8, 4) is 23.0 Å².